The van der Waals surface area contributed by atoms with Crippen LogP contribution in [-0.4, -0.2) is 42.1 Å². The highest BCUT2D eigenvalue weighted by molar-refractivity contribution is 5.74. The number of carboxylic acid groups (broad SMARTS) is 1. The molecule has 0 aliphatic heterocycles. The van der Waals surface area contributed by atoms with Crippen LogP contribution in [0.5, 0.6) is 0 Å². The van der Waals surface area contributed by atoms with Crippen molar-refractivity contribution in [2.45, 2.75) is 39.0 Å². The van der Waals surface area contributed by atoms with Crippen molar-refractivity contribution in [1.29, 1.82) is 0 Å². The lowest BCUT2D eigenvalue weighted by atomic mass is 9.80. The lowest BCUT2D eigenvalue weighted by Crippen LogP contribution is -2.41. The van der Waals surface area contributed by atoms with E-state index < -0.39 is 5.97 Å². The fraction of sp³-hybridized carbons (Fsp3) is 0.846. The van der Waals surface area contributed by atoms with Crippen LogP contribution in [0.2, 0.25) is 0 Å². The van der Waals surface area contributed by atoms with Crippen molar-refractivity contribution in [1.82, 2.24) is 10.2 Å². The van der Waals surface area contributed by atoms with Crippen LogP contribution in [0.4, 0.5) is 4.79 Å². The Labute approximate surface area is 109 Å². The molecule has 1 rings (SSSR count). The van der Waals surface area contributed by atoms with E-state index in [4.69, 9.17) is 5.11 Å². The maximum atomic E-state index is 11.7. The molecule has 5 nitrogen and oxygen atoms in total. The summed E-state index contributed by atoms with van der Waals surface area (Å²) in [4.78, 5) is 23.6. The van der Waals surface area contributed by atoms with Crippen LogP contribution in [0.25, 0.3) is 0 Å². The predicted molar refractivity (Wildman–Crippen MR) is 69.4 cm³/mol. The molecular formula is C13H24N2O3. The largest absolute Gasteiger partial charge is 0.481 e. The number of amides is 2. The number of hydrogen-bond donors (Lipinski definition) is 2. The summed E-state index contributed by atoms with van der Waals surface area (Å²) in [5.41, 5.74) is 0. The summed E-state index contributed by atoms with van der Waals surface area (Å²) in [6.07, 6.45) is 4.96. The second kappa shape index (κ2) is 7.24. The van der Waals surface area contributed by atoms with Gasteiger partial charge < -0.3 is 15.3 Å². The summed E-state index contributed by atoms with van der Waals surface area (Å²) >= 11 is 0. The molecule has 2 atom stereocenters. The maximum Gasteiger partial charge on any atom is 0.317 e. The highest BCUT2D eigenvalue weighted by Crippen LogP contribution is 2.28. The number of hydrogen-bond acceptors (Lipinski definition) is 2. The molecule has 0 spiro atoms. The Morgan fingerprint density at radius 2 is 2.00 bits per heavy atom. The molecule has 0 aromatic rings. The van der Waals surface area contributed by atoms with Crippen LogP contribution < -0.4 is 5.32 Å². The van der Waals surface area contributed by atoms with E-state index in [9.17, 15) is 9.59 Å². The molecule has 0 heterocycles. The molecule has 2 N–H and O–H groups in total. The van der Waals surface area contributed by atoms with Gasteiger partial charge in [0.25, 0.3) is 0 Å². The van der Waals surface area contributed by atoms with E-state index in [-0.39, 0.29) is 19.0 Å². The van der Waals surface area contributed by atoms with Gasteiger partial charge in [0.15, 0.2) is 0 Å². The average Bonchev–Trinajstić information content (AvgIpc) is 2.34. The van der Waals surface area contributed by atoms with Gasteiger partial charge in [-0.1, -0.05) is 26.2 Å². The minimum atomic E-state index is -0.879. The van der Waals surface area contributed by atoms with Crippen molar-refractivity contribution in [3.63, 3.8) is 0 Å². The second-order valence-electron chi connectivity index (χ2n) is 5.27. The van der Waals surface area contributed by atoms with Crippen LogP contribution in [0.15, 0.2) is 0 Å². The first kappa shape index (κ1) is 14.8. The molecule has 0 aromatic carbocycles. The maximum absolute atomic E-state index is 11.7. The first-order chi connectivity index (χ1) is 8.50. The summed E-state index contributed by atoms with van der Waals surface area (Å²) in [6.45, 7) is 3.20. The number of carbonyl (C=O) groups is 2. The van der Waals surface area contributed by atoms with E-state index in [1.807, 2.05) is 0 Å². The van der Waals surface area contributed by atoms with Gasteiger partial charge in [-0.25, -0.2) is 4.79 Å². The molecule has 0 saturated heterocycles. The molecule has 1 fully saturated rings. The van der Waals surface area contributed by atoms with E-state index in [1.165, 1.54) is 30.6 Å². The van der Waals surface area contributed by atoms with Crippen molar-refractivity contribution < 1.29 is 14.7 Å². The Kier molecular flexibility index (Phi) is 5.95. The summed E-state index contributed by atoms with van der Waals surface area (Å²) in [6, 6.07) is -0.172. The molecule has 0 bridgehead atoms. The summed E-state index contributed by atoms with van der Waals surface area (Å²) in [5, 5.41) is 11.5. The third-order valence-electron chi connectivity index (χ3n) is 3.81. The third-order valence-corrected chi connectivity index (χ3v) is 3.81. The van der Waals surface area contributed by atoms with Crippen LogP contribution in [0.1, 0.15) is 39.0 Å². The number of urea groups is 1. The van der Waals surface area contributed by atoms with E-state index >= 15 is 0 Å². The Hall–Kier alpha value is -1.26. The van der Waals surface area contributed by atoms with E-state index in [0.717, 1.165) is 0 Å². The quantitative estimate of drug-likeness (QED) is 0.789. The predicted octanol–water partition coefficient (Wildman–Crippen LogP) is 1.93. The van der Waals surface area contributed by atoms with E-state index in [1.54, 1.807) is 7.05 Å². The molecule has 104 valence electrons. The minimum Gasteiger partial charge on any atom is -0.481 e. The molecule has 18 heavy (non-hydrogen) atoms. The van der Waals surface area contributed by atoms with Crippen LogP contribution in [-0.2, 0) is 4.79 Å². The molecule has 5 heteroatoms. The Morgan fingerprint density at radius 3 is 2.61 bits per heavy atom. The lowest BCUT2D eigenvalue weighted by molar-refractivity contribution is -0.137. The molecular weight excluding hydrogens is 232 g/mol. The van der Waals surface area contributed by atoms with E-state index in [0.29, 0.717) is 18.4 Å². The van der Waals surface area contributed by atoms with Crippen molar-refractivity contribution in [2.24, 2.45) is 11.8 Å². The van der Waals surface area contributed by atoms with Crippen molar-refractivity contribution in [3.05, 3.63) is 0 Å². The van der Waals surface area contributed by atoms with Gasteiger partial charge in [-0.3, -0.25) is 4.79 Å². The van der Waals surface area contributed by atoms with Gasteiger partial charge in [0.05, 0.1) is 6.42 Å². The van der Waals surface area contributed by atoms with Crippen LogP contribution >= 0.6 is 0 Å². The average molecular weight is 256 g/mol. The van der Waals surface area contributed by atoms with Gasteiger partial charge in [-0.15, -0.1) is 0 Å². The highest BCUT2D eigenvalue weighted by atomic mass is 16.4. The fourth-order valence-electron chi connectivity index (χ4n) is 2.41. The van der Waals surface area contributed by atoms with Gasteiger partial charge in [-0.2, -0.15) is 0 Å². The van der Waals surface area contributed by atoms with Gasteiger partial charge in [0, 0.05) is 20.1 Å². The van der Waals surface area contributed by atoms with Crippen molar-refractivity contribution in [3.8, 4) is 0 Å². The highest BCUT2D eigenvalue weighted by Gasteiger charge is 2.22. The molecule has 0 radical (unpaired) electrons. The van der Waals surface area contributed by atoms with Gasteiger partial charge in [-0.05, 0) is 18.3 Å². The minimum absolute atomic E-state index is 0.0102. The molecule has 1 aliphatic carbocycles. The normalized spacial score (nSPS) is 23.4. The summed E-state index contributed by atoms with van der Waals surface area (Å²) in [7, 11) is 1.63. The third kappa shape index (κ3) is 4.94. The van der Waals surface area contributed by atoms with E-state index in [2.05, 4.69) is 12.2 Å². The first-order valence-corrected chi connectivity index (χ1v) is 6.71. The van der Waals surface area contributed by atoms with Crippen LogP contribution in [0, 0.1) is 11.8 Å². The van der Waals surface area contributed by atoms with Gasteiger partial charge in [0.2, 0.25) is 0 Å². The number of aliphatic carboxylic acids is 1. The number of nitrogens with one attached hydrogen (secondary N) is 1. The molecule has 2 amide bonds. The SMILES string of the molecule is CC1CCCCC1CNC(=O)N(C)CCC(=O)O. The number of carboxylic acids is 1. The zero-order chi connectivity index (χ0) is 13.5. The summed E-state index contributed by atoms with van der Waals surface area (Å²) < 4.78 is 0. The Morgan fingerprint density at radius 1 is 1.33 bits per heavy atom. The monoisotopic (exact) mass is 256 g/mol. The molecule has 2 unspecified atom stereocenters. The van der Waals surface area contributed by atoms with Crippen LogP contribution in [0.3, 0.4) is 0 Å². The Balaban J connectivity index is 2.24. The Bertz CT molecular complexity index is 294. The summed E-state index contributed by atoms with van der Waals surface area (Å²) in [5.74, 6) is 0.356. The smallest absolute Gasteiger partial charge is 0.317 e. The zero-order valence-corrected chi connectivity index (χ0v) is 11.3. The zero-order valence-electron chi connectivity index (χ0n) is 11.3. The lowest BCUT2D eigenvalue weighted by Gasteiger charge is -2.29. The molecule has 0 aromatic heterocycles. The fourth-order valence-corrected chi connectivity index (χ4v) is 2.41. The van der Waals surface area contributed by atoms with Gasteiger partial charge >= 0.3 is 12.0 Å². The molecule has 1 aliphatic rings. The topological polar surface area (TPSA) is 69.6 Å². The first-order valence-electron chi connectivity index (χ1n) is 6.71. The van der Waals surface area contributed by atoms with Crippen molar-refractivity contribution >= 4 is 12.0 Å². The standard InChI is InChI=1S/C13H24N2O3/c1-10-5-3-4-6-11(10)9-14-13(18)15(2)8-7-12(16)17/h10-11H,3-9H2,1-2H3,(H,14,18)(H,16,17). The second-order valence-corrected chi connectivity index (χ2v) is 5.27. The number of rotatable bonds is 5. The molecule has 1 saturated carbocycles. The number of carbonyl (C=O) groups excluding carboxylic acids is 1. The van der Waals surface area contributed by atoms with Crippen molar-refractivity contribution in [2.75, 3.05) is 20.1 Å². The number of nitrogens with zero attached hydrogens (tertiary/aromatic N) is 1. The van der Waals surface area contributed by atoms with Gasteiger partial charge in [0.1, 0.15) is 0 Å².